The van der Waals surface area contributed by atoms with Crippen molar-refractivity contribution in [1.29, 1.82) is 0 Å². The summed E-state index contributed by atoms with van der Waals surface area (Å²) in [6.45, 7) is 4.15. The zero-order valence-corrected chi connectivity index (χ0v) is 16.5. The molecule has 2 aliphatic rings. The van der Waals surface area contributed by atoms with Gasteiger partial charge in [0.25, 0.3) is 0 Å². The van der Waals surface area contributed by atoms with Gasteiger partial charge in [0.05, 0.1) is 16.1 Å². The summed E-state index contributed by atoms with van der Waals surface area (Å²) >= 11 is 1.46. The maximum atomic E-state index is 13.4. The summed E-state index contributed by atoms with van der Waals surface area (Å²) in [4.78, 5) is 23.6. The predicted molar refractivity (Wildman–Crippen MR) is 110 cm³/mol. The topological polar surface area (TPSA) is 39.7 Å². The van der Waals surface area contributed by atoms with Crippen LogP contribution in [0.4, 0.5) is 19.6 Å². The number of hydrogen-bond donors (Lipinski definition) is 0. The standard InChI is InChI=1S/C21H20F2N4OS/c22-15-1-4-17(5-2-15)25-7-9-26(10-8-25)20(28)14-12-27(13-14)21-24-18-6-3-16(23)11-19(18)29-21/h1-6,11,14H,7-10,12-13H2. The number of aromatic nitrogens is 1. The first kappa shape index (κ1) is 18.3. The molecule has 0 N–H and O–H groups in total. The Morgan fingerprint density at radius 3 is 2.34 bits per heavy atom. The number of rotatable bonds is 3. The molecule has 0 aliphatic carbocycles. The summed E-state index contributed by atoms with van der Waals surface area (Å²) in [6.07, 6.45) is 0. The Kier molecular flexibility index (Phi) is 4.58. The fourth-order valence-electron chi connectivity index (χ4n) is 3.91. The van der Waals surface area contributed by atoms with Crippen LogP contribution in [0.15, 0.2) is 42.5 Å². The number of halogens is 2. The molecule has 29 heavy (non-hydrogen) atoms. The smallest absolute Gasteiger partial charge is 0.229 e. The molecular weight excluding hydrogens is 394 g/mol. The van der Waals surface area contributed by atoms with Crippen molar-refractivity contribution in [2.24, 2.45) is 5.92 Å². The maximum absolute atomic E-state index is 13.4. The lowest BCUT2D eigenvalue weighted by Crippen LogP contribution is -2.58. The van der Waals surface area contributed by atoms with Crippen molar-refractivity contribution in [1.82, 2.24) is 9.88 Å². The van der Waals surface area contributed by atoms with Crippen molar-refractivity contribution in [3.63, 3.8) is 0 Å². The first-order valence-corrected chi connectivity index (χ1v) is 10.5. The zero-order valence-electron chi connectivity index (χ0n) is 15.7. The molecule has 8 heteroatoms. The molecule has 0 bridgehead atoms. The summed E-state index contributed by atoms with van der Waals surface area (Å²) in [5.41, 5.74) is 1.78. The van der Waals surface area contributed by atoms with Crippen LogP contribution in [0.2, 0.25) is 0 Å². The molecule has 2 fully saturated rings. The second kappa shape index (κ2) is 7.26. The Balaban J connectivity index is 1.16. The maximum Gasteiger partial charge on any atom is 0.229 e. The minimum absolute atomic E-state index is 0.0175. The van der Waals surface area contributed by atoms with Gasteiger partial charge >= 0.3 is 0 Å². The lowest BCUT2D eigenvalue weighted by Gasteiger charge is -2.43. The normalized spacial score (nSPS) is 17.7. The molecule has 3 aromatic rings. The molecule has 1 amide bonds. The van der Waals surface area contributed by atoms with E-state index in [0.717, 1.165) is 34.1 Å². The Labute approximate surface area is 171 Å². The number of piperazine rings is 1. The fourth-order valence-corrected chi connectivity index (χ4v) is 4.92. The summed E-state index contributed by atoms with van der Waals surface area (Å²) in [6, 6.07) is 11.1. The van der Waals surface area contributed by atoms with Crippen molar-refractivity contribution in [2.75, 3.05) is 49.1 Å². The zero-order chi connectivity index (χ0) is 20.0. The van der Waals surface area contributed by atoms with Gasteiger partial charge in [-0.15, -0.1) is 0 Å². The molecule has 0 saturated carbocycles. The Bertz CT molecular complexity index is 1040. The molecule has 0 spiro atoms. The van der Waals surface area contributed by atoms with Gasteiger partial charge in [0.15, 0.2) is 5.13 Å². The second-order valence-electron chi connectivity index (χ2n) is 7.50. The highest BCUT2D eigenvalue weighted by Gasteiger charge is 2.37. The molecule has 0 unspecified atom stereocenters. The van der Waals surface area contributed by atoms with Crippen molar-refractivity contribution in [3.05, 3.63) is 54.1 Å². The molecule has 1 aromatic heterocycles. The van der Waals surface area contributed by atoms with Crippen LogP contribution in [0.3, 0.4) is 0 Å². The number of carbonyl (C=O) groups excluding carboxylic acids is 1. The van der Waals surface area contributed by atoms with Gasteiger partial charge in [-0.1, -0.05) is 11.3 Å². The lowest BCUT2D eigenvalue weighted by atomic mass is 9.99. The summed E-state index contributed by atoms with van der Waals surface area (Å²) in [5, 5.41) is 0.843. The third-order valence-electron chi connectivity index (χ3n) is 5.62. The van der Waals surface area contributed by atoms with Gasteiger partial charge in [0, 0.05) is 45.0 Å². The highest BCUT2D eigenvalue weighted by molar-refractivity contribution is 7.22. The molecule has 150 valence electrons. The molecule has 0 atom stereocenters. The molecule has 2 aromatic carbocycles. The number of thiazole rings is 1. The summed E-state index contributed by atoms with van der Waals surface area (Å²) in [7, 11) is 0. The second-order valence-corrected chi connectivity index (χ2v) is 8.51. The minimum atomic E-state index is -0.260. The number of carbonyl (C=O) groups is 1. The highest BCUT2D eigenvalue weighted by Crippen LogP contribution is 2.34. The molecule has 5 rings (SSSR count). The van der Waals surface area contributed by atoms with Crippen LogP contribution in [-0.4, -0.2) is 55.1 Å². The number of nitrogens with zero attached hydrogens (tertiary/aromatic N) is 4. The molecule has 3 heterocycles. The summed E-state index contributed by atoms with van der Waals surface area (Å²) < 4.78 is 27.3. The van der Waals surface area contributed by atoms with Crippen molar-refractivity contribution in [3.8, 4) is 0 Å². The number of anilines is 2. The number of hydrogen-bond acceptors (Lipinski definition) is 5. The van der Waals surface area contributed by atoms with Crippen LogP contribution in [0.25, 0.3) is 10.2 Å². The third kappa shape index (κ3) is 3.53. The van der Waals surface area contributed by atoms with E-state index in [4.69, 9.17) is 0 Å². The first-order valence-electron chi connectivity index (χ1n) is 9.67. The average molecular weight is 414 g/mol. The number of amides is 1. The van der Waals surface area contributed by atoms with E-state index < -0.39 is 0 Å². The van der Waals surface area contributed by atoms with E-state index in [1.807, 2.05) is 4.90 Å². The molecule has 2 saturated heterocycles. The molecule has 0 radical (unpaired) electrons. The van der Waals surface area contributed by atoms with Crippen molar-refractivity contribution < 1.29 is 13.6 Å². The largest absolute Gasteiger partial charge is 0.368 e. The third-order valence-corrected chi connectivity index (χ3v) is 6.70. The molecular formula is C21H20F2N4OS. The Morgan fingerprint density at radius 2 is 1.62 bits per heavy atom. The predicted octanol–water partition coefficient (Wildman–Crippen LogP) is 3.36. The van der Waals surface area contributed by atoms with Crippen LogP contribution >= 0.6 is 11.3 Å². The van der Waals surface area contributed by atoms with E-state index in [2.05, 4.69) is 14.8 Å². The number of benzene rings is 2. The monoisotopic (exact) mass is 414 g/mol. The SMILES string of the molecule is O=C(C1CN(c2nc3ccc(F)cc3s2)C1)N1CCN(c2ccc(F)cc2)CC1. The van der Waals surface area contributed by atoms with Crippen LogP contribution in [0, 0.1) is 17.6 Å². The van der Waals surface area contributed by atoms with Gasteiger partial charge in [-0.3, -0.25) is 4.79 Å². The van der Waals surface area contributed by atoms with Gasteiger partial charge in [-0.05, 0) is 42.5 Å². The van der Waals surface area contributed by atoms with E-state index >= 15 is 0 Å². The van der Waals surface area contributed by atoms with Gasteiger partial charge < -0.3 is 14.7 Å². The van der Waals surface area contributed by atoms with E-state index in [9.17, 15) is 13.6 Å². The van der Waals surface area contributed by atoms with E-state index in [-0.39, 0.29) is 23.5 Å². The van der Waals surface area contributed by atoms with Gasteiger partial charge in [-0.25, -0.2) is 13.8 Å². The fraction of sp³-hybridized carbons (Fsp3) is 0.333. The Morgan fingerprint density at radius 1 is 0.931 bits per heavy atom. The van der Waals surface area contributed by atoms with Crippen LogP contribution < -0.4 is 9.80 Å². The van der Waals surface area contributed by atoms with Crippen LogP contribution in [0.5, 0.6) is 0 Å². The Hall–Kier alpha value is -2.74. The first-order chi connectivity index (χ1) is 14.1. The van der Waals surface area contributed by atoms with Crippen molar-refractivity contribution in [2.45, 2.75) is 0 Å². The van der Waals surface area contributed by atoms with E-state index in [1.165, 1.54) is 35.6 Å². The van der Waals surface area contributed by atoms with Gasteiger partial charge in [0.1, 0.15) is 11.6 Å². The van der Waals surface area contributed by atoms with E-state index in [1.54, 1.807) is 18.2 Å². The van der Waals surface area contributed by atoms with Crippen LogP contribution in [0.1, 0.15) is 0 Å². The van der Waals surface area contributed by atoms with Crippen LogP contribution in [-0.2, 0) is 4.79 Å². The van der Waals surface area contributed by atoms with Crippen molar-refractivity contribution >= 4 is 38.3 Å². The molecule has 5 nitrogen and oxygen atoms in total. The van der Waals surface area contributed by atoms with Gasteiger partial charge in [-0.2, -0.15) is 0 Å². The minimum Gasteiger partial charge on any atom is -0.368 e. The van der Waals surface area contributed by atoms with E-state index in [0.29, 0.717) is 26.2 Å². The highest BCUT2D eigenvalue weighted by atomic mass is 32.1. The quantitative estimate of drug-likeness (QED) is 0.659. The molecule has 2 aliphatic heterocycles. The summed E-state index contributed by atoms with van der Waals surface area (Å²) in [5.74, 6) is -0.331. The number of fused-ring (bicyclic) bond motifs is 1. The average Bonchev–Trinajstić information content (AvgIpc) is 3.10. The van der Waals surface area contributed by atoms with Gasteiger partial charge in [0.2, 0.25) is 5.91 Å². The lowest BCUT2D eigenvalue weighted by molar-refractivity contribution is -0.136.